The second kappa shape index (κ2) is 4.94. The number of aryl methyl sites for hydroxylation is 1. The topological polar surface area (TPSA) is 30.7 Å². The number of hydrogen-bond acceptors (Lipinski definition) is 3. The molecule has 0 atom stereocenters. The van der Waals surface area contributed by atoms with E-state index in [1.54, 1.807) is 11.3 Å². The Morgan fingerprint density at radius 3 is 2.74 bits per heavy atom. The lowest BCUT2D eigenvalue weighted by atomic mass is 10.2. The van der Waals surface area contributed by atoms with Gasteiger partial charge in [0.25, 0.3) is 0 Å². The fourth-order valence-electron chi connectivity index (χ4n) is 2.20. The normalized spacial score (nSPS) is 11.3. The first-order valence-electron chi connectivity index (χ1n) is 6.12. The molecule has 2 aromatic heterocycles. The second-order valence-corrected chi connectivity index (χ2v) is 5.90. The summed E-state index contributed by atoms with van der Waals surface area (Å²) in [5.41, 5.74) is 4.32. The van der Waals surface area contributed by atoms with Crippen molar-refractivity contribution in [3.63, 3.8) is 0 Å². The number of nitrogens with zero attached hydrogens (tertiary/aromatic N) is 3. The minimum Gasteiger partial charge on any atom is -0.262 e. The maximum atomic E-state index is 5.95. The monoisotopic (exact) mass is 291 g/mol. The van der Waals surface area contributed by atoms with Crippen LogP contribution in [0.1, 0.15) is 22.0 Å². The van der Waals surface area contributed by atoms with Crippen LogP contribution in [0.3, 0.4) is 0 Å². The Morgan fingerprint density at radius 1 is 1.26 bits per heavy atom. The van der Waals surface area contributed by atoms with Gasteiger partial charge in [0.05, 0.1) is 28.3 Å². The van der Waals surface area contributed by atoms with Gasteiger partial charge in [0.1, 0.15) is 5.01 Å². The Hall–Kier alpha value is -1.39. The molecule has 19 heavy (non-hydrogen) atoms. The summed E-state index contributed by atoms with van der Waals surface area (Å²) in [7, 11) is 0. The van der Waals surface area contributed by atoms with Crippen LogP contribution >= 0.6 is 22.9 Å². The van der Waals surface area contributed by atoms with Crippen molar-refractivity contribution < 1.29 is 0 Å². The van der Waals surface area contributed by atoms with E-state index in [0.29, 0.717) is 12.4 Å². The summed E-state index contributed by atoms with van der Waals surface area (Å²) in [6, 6.07) is 8.20. The molecule has 0 fully saturated rings. The third-order valence-corrected chi connectivity index (χ3v) is 4.58. The highest BCUT2D eigenvalue weighted by molar-refractivity contribution is 7.18. The number of thiazole rings is 1. The van der Waals surface area contributed by atoms with Crippen LogP contribution in [0.4, 0.5) is 0 Å². The summed E-state index contributed by atoms with van der Waals surface area (Å²) < 4.78 is 3.21. The molecule has 0 amide bonds. The van der Waals surface area contributed by atoms with Crippen molar-refractivity contribution in [2.45, 2.75) is 26.3 Å². The minimum absolute atomic E-state index is 0.511. The summed E-state index contributed by atoms with van der Waals surface area (Å²) in [4.78, 5) is 4.64. The first-order valence-corrected chi connectivity index (χ1v) is 7.47. The Balaban J connectivity index is 1.96. The summed E-state index contributed by atoms with van der Waals surface area (Å²) in [6.45, 7) is 4.77. The first-order chi connectivity index (χ1) is 9.19. The van der Waals surface area contributed by atoms with Gasteiger partial charge in [-0.15, -0.1) is 22.9 Å². The average molecular weight is 292 g/mol. The molecule has 0 aliphatic rings. The van der Waals surface area contributed by atoms with Gasteiger partial charge < -0.3 is 0 Å². The van der Waals surface area contributed by atoms with Gasteiger partial charge in [0, 0.05) is 11.3 Å². The van der Waals surface area contributed by atoms with Crippen LogP contribution in [0, 0.1) is 13.8 Å². The Labute approximate surface area is 120 Å². The third-order valence-electron chi connectivity index (χ3n) is 3.29. The van der Waals surface area contributed by atoms with Crippen LogP contribution in [0.5, 0.6) is 0 Å². The molecule has 2 heterocycles. The highest BCUT2D eigenvalue weighted by Gasteiger charge is 2.12. The van der Waals surface area contributed by atoms with Crippen molar-refractivity contribution in [2.24, 2.45) is 0 Å². The van der Waals surface area contributed by atoms with Crippen molar-refractivity contribution in [3.05, 3.63) is 46.2 Å². The number of hydrogen-bond donors (Lipinski definition) is 0. The van der Waals surface area contributed by atoms with Crippen LogP contribution in [0.15, 0.2) is 24.3 Å². The molecule has 0 saturated heterocycles. The molecule has 3 aromatic rings. The zero-order valence-corrected chi connectivity index (χ0v) is 12.4. The molecule has 0 saturated carbocycles. The first kappa shape index (κ1) is 12.6. The van der Waals surface area contributed by atoms with Crippen molar-refractivity contribution in [1.82, 2.24) is 14.8 Å². The zero-order valence-electron chi connectivity index (χ0n) is 10.9. The van der Waals surface area contributed by atoms with Gasteiger partial charge in [-0.1, -0.05) is 12.1 Å². The van der Waals surface area contributed by atoms with E-state index < -0.39 is 0 Å². The predicted octanol–water partition coefficient (Wildman–Crippen LogP) is 3.90. The summed E-state index contributed by atoms with van der Waals surface area (Å²) >= 11 is 7.67. The van der Waals surface area contributed by atoms with E-state index in [4.69, 9.17) is 11.6 Å². The maximum absolute atomic E-state index is 5.95. The molecule has 0 bridgehead atoms. The van der Waals surface area contributed by atoms with Crippen molar-refractivity contribution in [1.29, 1.82) is 0 Å². The van der Waals surface area contributed by atoms with E-state index in [1.807, 2.05) is 29.8 Å². The smallest absolute Gasteiger partial charge is 0.115 e. The van der Waals surface area contributed by atoms with Crippen molar-refractivity contribution in [3.8, 4) is 0 Å². The molecule has 3 rings (SSSR count). The standard InChI is InChI=1S/C14H14ClN3S/c1-9-11(7-15)10(2)18(17-9)8-14-16-12-5-3-4-6-13(12)19-14/h3-6H,7-8H2,1-2H3. The highest BCUT2D eigenvalue weighted by atomic mass is 35.5. The summed E-state index contributed by atoms with van der Waals surface area (Å²) in [6.07, 6.45) is 0. The van der Waals surface area contributed by atoms with Gasteiger partial charge in [0.15, 0.2) is 0 Å². The van der Waals surface area contributed by atoms with E-state index in [0.717, 1.165) is 27.5 Å². The number of benzene rings is 1. The van der Waals surface area contributed by atoms with Gasteiger partial charge in [0.2, 0.25) is 0 Å². The number of halogens is 1. The molecule has 0 radical (unpaired) electrons. The van der Waals surface area contributed by atoms with Gasteiger partial charge >= 0.3 is 0 Å². The Bertz CT molecular complexity index is 696. The van der Waals surface area contributed by atoms with Crippen LogP contribution < -0.4 is 0 Å². The number of alkyl halides is 1. The summed E-state index contributed by atoms with van der Waals surface area (Å²) in [5, 5.41) is 5.62. The molecule has 3 nitrogen and oxygen atoms in total. The van der Waals surface area contributed by atoms with Crippen LogP contribution in [-0.4, -0.2) is 14.8 Å². The molecular formula is C14H14ClN3S. The molecule has 0 N–H and O–H groups in total. The minimum atomic E-state index is 0.511. The van der Waals surface area contributed by atoms with Crippen molar-refractivity contribution in [2.75, 3.05) is 0 Å². The largest absolute Gasteiger partial charge is 0.262 e. The zero-order chi connectivity index (χ0) is 13.4. The quantitative estimate of drug-likeness (QED) is 0.685. The number of aromatic nitrogens is 3. The molecule has 0 aliphatic carbocycles. The number of rotatable bonds is 3. The molecule has 98 valence electrons. The van der Waals surface area contributed by atoms with E-state index in [2.05, 4.69) is 23.1 Å². The maximum Gasteiger partial charge on any atom is 0.115 e. The molecule has 1 aromatic carbocycles. The van der Waals surface area contributed by atoms with Crippen LogP contribution in [0.25, 0.3) is 10.2 Å². The number of fused-ring (bicyclic) bond motifs is 1. The van der Waals surface area contributed by atoms with E-state index in [1.165, 1.54) is 4.70 Å². The van der Waals surface area contributed by atoms with Gasteiger partial charge in [-0.25, -0.2) is 4.98 Å². The molecule has 5 heteroatoms. The molecular weight excluding hydrogens is 278 g/mol. The highest BCUT2D eigenvalue weighted by Crippen LogP contribution is 2.23. The van der Waals surface area contributed by atoms with E-state index >= 15 is 0 Å². The lowest BCUT2D eigenvalue weighted by Crippen LogP contribution is -2.03. The number of para-hydroxylation sites is 1. The van der Waals surface area contributed by atoms with E-state index in [-0.39, 0.29) is 0 Å². The van der Waals surface area contributed by atoms with Crippen molar-refractivity contribution >= 4 is 33.2 Å². The Morgan fingerprint density at radius 2 is 2.05 bits per heavy atom. The molecule has 0 aliphatic heterocycles. The Kier molecular flexibility index (Phi) is 3.29. The molecule has 0 unspecified atom stereocenters. The lowest BCUT2D eigenvalue weighted by Gasteiger charge is -2.01. The third kappa shape index (κ3) is 2.26. The fourth-order valence-corrected chi connectivity index (χ4v) is 3.53. The summed E-state index contributed by atoms with van der Waals surface area (Å²) in [5.74, 6) is 0.511. The van der Waals surface area contributed by atoms with E-state index in [9.17, 15) is 0 Å². The lowest BCUT2D eigenvalue weighted by molar-refractivity contribution is 0.656. The van der Waals surface area contributed by atoms with Gasteiger partial charge in [-0.3, -0.25) is 4.68 Å². The van der Waals surface area contributed by atoms with Crippen LogP contribution in [0.2, 0.25) is 0 Å². The SMILES string of the molecule is Cc1nn(Cc2nc3ccccc3s2)c(C)c1CCl. The fraction of sp³-hybridized carbons (Fsp3) is 0.286. The van der Waals surface area contributed by atoms with Crippen LogP contribution in [-0.2, 0) is 12.4 Å². The van der Waals surface area contributed by atoms with Gasteiger partial charge in [-0.05, 0) is 26.0 Å². The predicted molar refractivity (Wildman–Crippen MR) is 80.0 cm³/mol. The molecule has 0 spiro atoms. The average Bonchev–Trinajstić information content (AvgIpc) is 2.91. The van der Waals surface area contributed by atoms with Gasteiger partial charge in [-0.2, -0.15) is 5.10 Å². The second-order valence-electron chi connectivity index (χ2n) is 4.52.